The highest BCUT2D eigenvalue weighted by atomic mass is 32.2. The van der Waals surface area contributed by atoms with E-state index >= 15 is 0 Å². The first-order chi connectivity index (χ1) is 10.6. The quantitative estimate of drug-likeness (QED) is 0.487. The maximum atomic E-state index is 13.3. The van der Waals surface area contributed by atoms with Crippen LogP contribution in [-0.2, 0) is 16.6 Å². The highest BCUT2D eigenvalue weighted by molar-refractivity contribution is 7.85. The van der Waals surface area contributed by atoms with Gasteiger partial charge in [0.05, 0.1) is 0 Å². The summed E-state index contributed by atoms with van der Waals surface area (Å²) in [5.74, 6) is 0.498. The molecule has 0 radical (unpaired) electrons. The van der Waals surface area contributed by atoms with Crippen molar-refractivity contribution in [2.75, 3.05) is 0 Å². The third kappa shape index (κ3) is 1.55. The molecule has 0 saturated heterocycles. The number of rotatable bonds is 4. The summed E-state index contributed by atoms with van der Waals surface area (Å²) < 4.78 is 12.6. The lowest BCUT2D eigenvalue weighted by molar-refractivity contribution is -0.578. The van der Waals surface area contributed by atoms with Crippen LogP contribution >= 0.6 is 0 Å². The minimum Gasteiger partial charge on any atom is -0.264 e. The SMILES string of the molecule is O=[N+]([O-])[C@]12CCC[C@@]1(S(=O)Cc1ccccc1)[C@@H]1C=C[C@H]2C1. The molecule has 5 atom stereocenters. The topological polar surface area (TPSA) is 60.2 Å². The van der Waals surface area contributed by atoms with Gasteiger partial charge < -0.3 is 0 Å². The molecule has 0 heterocycles. The Morgan fingerprint density at radius 3 is 2.64 bits per heavy atom. The summed E-state index contributed by atoms with van der Waals surface area (Å²) in [5.41, 5.74) is 0.0117. The Morgan fingerprint density at radius 2 is 1.91 bits per heavy atom. The molecule has 1 aromatic carbocycles. The number of allylic oxidation sites excluding steroid dienone is 1. The van der Waals surface area contributed by atoms with E-state index in [2.05, 4.69) is 6.08 Å². The van der Waals surface area contributed by atoms with Crippen molar-refractivity contribution in [2.45, 2.75) is 41.7 Å². The van der Waals surface area contributed by atoms with Crippen LogP contribution in [0.1, 0.15) is 31.2 Å². The summed E-state index contributed by atoms with van der Waals surface area (Å²) in [4.78, 5) is 11.9. The highest BCUT2D eigenvalue weighted by Gasteiger charge is 2.78. The molecule has 5 heteroatoms. The van der Waals surface area contributed by atoms with Crippen LogP contribution in [0.4, 0.5) is 0 Å². The van der Waals surface area contributed by atoms with Gasteiger partial charge in [0.2, 0.25) is 5.54 Å². The fraction of sp³-hybridized carbons (Fsp3) is 0.529. The summed E-state index contributed by atoms with van der Waals surface area (Å²) >= 11 is 0. The number of hydrogen-bond acceptors (Lipinski definition) is 3. The van der Waals surface area contributed by atoms with E-state index < -0.39 is 21.1 Å². The van der Waals surface area contributed by atoms with Crippen LogP contribution in [0.3, 0.4) is 0 Å². The third-order valence-corrected chi connectivity index (χ3v) is 8.28. The molecule has 4 nitrogen and oxygen atoms in total. The molecule has 22 heavy (non-hydrogen) atoms. The Balaban J connectivity index is 1.76. The number of nitrogens with zero attached hydrogens (tertiary/aromatic N) is 1. The predicted molar refractivity (Wildman–Crippen MR) is 85.3 cm³/mol. The van der Waals surface area contributed by atoms with E-state index in [9.17, 15) is 14.3 Å². The number of nitro groups is 1. The number of fused-ring (bicyclic) bond motifs is 5. The number of benzene rings is 1. The van der Waals surface area contributed by atoms with Gasteiger partial charge in [-0.25, -0.2) is 0 Å². The normalized spacial score (nSPS) is 39.8. The van der Waals surface area contributed by atoms with Crippen molar-refractivity contribution in [3.05, 3.63) is 58.2 Å². The number of hydrogen-bond donors (Lipinski definition) is 0. The van der Waals surface area contributed by atoms with Crippen molar-refractivity contribution in [3.8, 4) is 0 Å². The Hall–Kier alpha value is -1.49. The van der Waals surface area contributed by atoms with Crippen LogP contribution in [-0.4, -0.2) is 19.4 Å². The van der Waals surface area contributed by atoms with Gasteiger partial charge in [0.1, 0.15) is 4.75 Å². The minimum absolute atomic E-state index is 0.0327. The fourth-order valence-electron chi connectivity index (χ4n) is 5.17. The van der Waals surface area contributed by atoms with Gasteiger partial charge in [0, 0.05) is 39.7 Å². The third-order valence-electron chi connectivity index (χ3n) is 6.01. The van der Waals surface area contributed by atoms with E-state index in [-0.39, 0.29) is 16.8 Å². The molecule has 2 fully saturated rings. The zero-order chi connectivity index (χ0) is 15.4. The van der Waals surface area contributed by atoms with Gasteiger partial charge in [0.25, 0.3) is 0 Å². The van der Waals surface area contributed by atoms with E-state index in [1.807, 2.05) is 36.4 Å². The molecule has 2 bridgehead atoms. The maximum absolute atomic E-state index is 13.3. The van der Waals surface area contributed by atoms with Crippen molar-refractivity contribution in [1.82, 2.24) is 0 Å². The standard InChI is InChI=1S/C17H19NO3S/c19-18(20)16-9-4-10-17(16,15-8-7-14(16)11-15)22(21)12-13-5-2-1-3-6-13/h1-3,5-8,14-15H,4,9-12H2/t14-,15+,16-,17+,22?/m0/s1. The van der Waals surface area contributed by atoms with Crippen LogP contribution < -0.4 is 0 Å². The second kappa shape index (κ2) is 4.75. The molecule has 0 N–H and O–H groups in total. The van der Waals surface area contributed by atoms with Crippen LogP contribution in [0, 0.1) is 22.0 Å². The van der Waals surface area contributed by atoms with Gasteiger partial charge in [-0.1, -0.05) is 42.5 Å². The average molecular weight is 317 g/mol. The van der Waals surface area contributed by atoms with Gasteiger partial charge in [-0.3, -0.25) is 14.3 Å². The Kier molecular flexibility index (Phi) is 3.05. The summed E-state index contributed by atoms with van der Waals surface area (Å²) in [7, 11) is -1.22. The minimum atomic E-state index is -1.22. The molecular formula is C17H19NO3S. The van der Waals surface area contributed by atoms with Crippen LogP contribution in [0.15, 0.2) is 42.5 Å². The van der Waals surface area contributed by atoms with Crippen molar-refractivity contribution in [3.63, 3.8) is 0 Å². The van der Waals surface area contributed by atoms with E-state index in [0.717, 1.165) is 24.8 Å². The monoisotopic (exact) mass is 317 g/mol. The van der Waals surface area contributed by atoms with Gasteiger partial charge in [-0.2, -0.15) is 0 Å². The molecule has 2 saturated carbocycles. The molecule has 0 amide bonds. The van der Waals surface area contributed by atoms with Gasteiger partial charge in [0.15, 0.2) is 0 Å². The Bertz CT molecular complexity index is 674. The van der Waals surface area contributed by atoms with E-state index in [1.165, 1.54) is 0 Å². The Labute approximate surface area is 132 Å². The molecule has 0 aliphatic heterocycles. The van der Waals surface area contributed by atoms with Crippen LogP contribution in [0.5, 0.6) is 0 Å². The van der Waals surface area contributed by atoms with Crippen molar-refractivity contribution in [2.24, 2.45) is 11.8 Å². The molecule has 0 spiro atoms. The summed E-state index contributed by atoms with van der Waals surface area (Å²) in [6.45, 7) is 0. The molecule has 3 aliphatic carbocycles. The summed E-state index contributed by atoms with van der Waals surface area (Å²) in [6, 6.07) is 9.71. The second-order valence-electron chi connectivity index (χ2n) is 6.73. The zero-order valence-electron chi connectivity index (χ0n) is 12.3. The Morgan fingerprint density at radius 1 is 1.18 bits per heavy atom. The lowest BCUT2D eigenvalue weighted by Crippen LogP contribution is -2.60. The van der Waals surface area contributed by atoms with Crippen LogP contribution in [0.25, 0.3) is 0 Å². The molecule has 1 unspecified atom stereocenters. The van der Waals surface area contributed by atoms with E-state index in [4.69, 9.17) is 0 Å². The van der Waals surface area contributed by atoms with Gasteiger partial charge >= 0.3 is 0 Å². The summed E-state index contributed by atoms with van der Waals surface area (Å²) in [5, 5.41) is 12.0. The zero-order valence-corrected chi connectivity index (χ0v) is 13.1. The molecule has 4 rings (SSSR count). The van der Waals surface area contributed by atoms with Crippen molar-refractivity contribution >= 4 is 10.8 Å². The lowest BCUT2D eigenvalue weighted by Gasteiger charge is -2.39. The lowest BCUT2D eigenvalue weighted by atomic mass is 9.78. The maximum Gasteiger partial charge on any atom is 0.245 e. The molecule has 116 valence electrons. The second-order valence-corrected chi connectivity index (χ2v) is 8.44. The van der Waals surface area contributed by atoms with Crippen LogP contribution in [0.2, 0.25) is 0 Å². The molecule has 1 aromatic rings. The van der Waals surface area contributed by atoms with E-state index in [1.54, 1.807) is 0 Å². The highest BCUT2D eigenvalue weighted by Crippen LogP contribution is 2.64. The first-order valence-corrected chi connectivity index (χ1v) is 9.18. The fourth-order valence-corrected chi connectivity index (χ4v) is 7.53. The van der Waals surface area contributed by atoms with Gasteiger partial charge in [-0.15, -0.1) is 0 Å². The first kappa shape index (κ1) is 14.1. The first-order valence-electron chi connectivity index (χ1n) is 7.86. The molecule has 3 aliphatic rings. The summed E-state index contributed by atoms with van der Waals surface area (Å²) in [6.07, 6.45) is 7.03. The van der Waals surface area contributed by atoms with Crippen molar-refractivity contribution in [1.29, 1.82) is 0 Å². The predicted octanol–water partition coefficient (Wildman–Crippen LogP) is 3.08. The molecule has 0 aromatic heterocycles. The van der Waals surface area contributed by atoms with E-state index in [0.29, 0.717) is 12.2 Å². The largest absolute Gasteiger partial charge is 0.264 e. The molecular weight excluding hydrogens is 298 g/mol. The van der Waals surface area contributed by atoms with Gasteiger partial charge in [-0.05, 0) is 24.8 Å². The average Bonchev–Trinajstić information content (AvgIpc) is 3.19. The smallest absolute Gasteiger partial charge is 0.245 e. The van der Waals surface area contributed by atoms with Crippen molar-refractivity contribution < 1.29 is 9.13 Å².